The predicted molar refractivity (Wildman–Crippen MR) is 76.5 cm³/mol. The Hall–Kier alpha value is -2.69. The van der Waals surface area contributed by atoms with E-state index in [1.165, 1.54) is 25.1 Å². The van der Waals surface area contributed by atoms with Crippen LogP contribution in [0.25, 0.3) is 0 Å². The van der Waals surface area contributed by atoms with E-state index < -0.39 is 11.8 Å². The predicted octanol–water partition coefficient (Wildman–Crippen LogP) is 2.93. The van der Waals surface area contributed by atoms with Crippen molar-refractivity contribution in [1.82, 2.24) is 0 Å². The highest BCUT2D eigenvalue weighted by atomic mass is 19.1. The number of anilines is 1. The van der Waals surface area contributed by atoms with Crippen molar-refractivity contribution in [3.8, 4) is 5.75 Å². The Morgan fingerprint density at radius 1 is 1.10 bits per heavy atom. The molecule has 0 bridgehead atoms. The molecule has 0 aliphatic carbocycles. The van der Waals surface area contributed by atoms with Crippen molar-refractivity contribution in [1.29, 1.82) is 0 Å². The fourth-order valence-corrected chi connectivity index (χ4v) is 1.76. The van der Waals surface area contributed by atoms with Crippen molar-refractivity contribution in [2.45, 2.75) is 13.3 Å². The lowest BCUT2D eigenvalue weighted by Gasteiger charge is -2.06. The van der Waals surface area contributed by atoms with Gasteiger partial charge in [0.15, 0.2) is 11.6 Å². The number of halogens is 1. The molecule has 0 fully saturated rings. The van der Waals surface area contributed by atoms with E-state index in [0.717, 1.165) is 0 Å². The van der Waals surface area contributed by atoms with E-state index in [0.29, 0.717) is 11.3 Å². The molecule has 108 valence electrons. The molecule has 21 heavy (non-hydrogen) atoms. The van der Waals surface area contributed by atoms with Gasteiger partial charge in [0.05, 0.1) is 6.42 Å². The quantitative estimate of drug-likeness (QED) is 0.695. The molecule has 0 aromatic heterocycles. The summed E-state index contributed by atoms with van der Waals surface area (Å²) in [7, 11) is 0. The molecule has 0 aliphatic heterocycles. The first kappa shape index (κ1) is 14.7. The van der Waals surface area contributed by atoms with Crippen molar-refractivity contribution in [3.05, 3.63) is 59.9 Å². The van der Waals surface area contributed by atoms with Crippen LogP contribution >= 0.6 is 0 Å². The number of hydrogen-bond donors (Lipinski definition) is 1. The molecule has 0 heterocycles. The van der Waals surface area contributed by atoms with Crippen molar-refractivity contribution in [3.63, 3.8) is 0 Å². The number of esters is 1. The maximum Gasteiger partial charge on any atom is 0.315 e. The lowest BCUT2D eigenvalue weighted by atomic mass is 10.1. The van der Waals surface area contributed by atoms with E-state index in [-0.39, 0.29) is 18.1 Å². The molecule has 0 saturated heterocycles. The molecule has 2 rings (SSSR count). The minimum atomic E-state index is -0.577. The van der Waals surface area contributed by atoms with E-state index in [1.54, 1.807) is 30.3 Å². The van der Waals surface area contributed by atoms with Gasteiger partial charge in [0.1, 0.15) is 0 Å². The first-order chi connectivity index (χ1) is 10.0. The average molecular weight is 287 g/mol. The number of hydrogen-bond acceptors (Lipinski definition) is 3. The van der Waals surface area contributed by atoms with Crippen molar-refractivity contribution >= 4 is 17.6 Å². The number of carbonyl (C=O) groups is 2. The SMILES string of the molecule is CC(=O)Nc1ccc(CC(=O)Oc2ccccc2F)cc1. The third-order valence-electron chi connectivity index (χ3n) is 2.68. The maximum absolute atomic E-state index is 13.3. The van der Waals surface area contributed by atoms with Crippen LogP contribution in [0, 0.1) is 5.82 Å². The summed E-state index contributed by atoms with van der Waals surface area (Å²) in [6.45, 7) is 1.42. The van der Waals surface area contributed by atoms with E-state index in [1.807, 2.05) is 0 Å². The lowest BCUT2D eigenvalue weighted by molar-refractivity contribution is -0.133. The van der Waals surface area contributed by atoms with Crippen molar-refractivity contribution < 1.29 is 18.7 Å². The highest BCUT2D eigenvalue weighted by Gasteiger charge is 2.09. The zero-order valence-corrected chi connectivity index (χ0v) is 11.4. The van der Waals surface area contributed by atoms with Gasteiger partial charge < -0.3 is 10.1 Å². The summed E-state index contributed by atoms with van der Waals surface area (Å²) in [5.74, 6) is -1.38. The molecule has 2 aromatic rings. The third kappa shape index (κ3) is 4.42. The molecule has 0 unspecified atom stereocenters. The van der Waals surface area contributed by atoms with Crippen molar-refractivity contribution in [2.75, 3.05) is 5.32 Å². The molecule has 0 aliphatic rings. The topological polar surface area (TPSA) is 55.4 Å². The Labute approximate surface area is 121 Å². The molecule has 5 heteroatoms. The van der Waals surface area contributed by atoms with Crippen LogP contribution in [-0.4, -0.2) is 11.9 Å². The summed E-state index contributed by atoms with van der Waals surface area (Å²) in [6.07, 6.45) is 0.0225. The first-order valence-electron chi connectivity index (χ1n) is 6.36. The van der Waals surface area contributed by atoms with Crippen LogP contribution < -0.4 is 10.1 Å². The van der Waals surface area contributed by atoms with E-state index in [2.05, 4.69) is 5.32 Å². The first-order valence-corrected chi connectivity index (χ1v) is 6.36. The number of ether oxygens (including phenoxy) is 1. The highest BCUT2D eigenvalue weighted by Crippen LogP contribution is 2.17. The van der Waals surface area contributed by atoms with Gasteiger partial charge in [-0.05, 0) is 29.8 Å². The van der Waals surface area contributed by atoms with Gasteiger partial charge in [0.2, 0.25) is 5.91 Å². The Morgan fingerprint density at radius 3 is 2.38 bits per heavy atom. The minimum Gasteiger partial charge on any atom is -0.423 e. The van der Waals surface area contributed by atoms with Crippen LogP contribution in [-0.2, 0) is 16.0 Å². The maximum atomic E-state index is 13.3. The number of carbonyl (C=O) groups excluding carboxylic acids is 2. The molecule has 1 amide bonds. The van der Waals surface area contributed by atoms with Crippen molar-refractivity contribution in [2.24, 2.45) is 0 Å². The zero-order valence-electron chi connectivity index (χ0n) is 11.4. The largest absolute Gasteiger partial charge is 0.423 e. The summed E-state index contributed by atoms with van der Waals surface area (Å²) >= 11 is 0. The molecular weight excluding hydrogens is 273 g/mol. The van der Waals surface area contributed by atoms with Crippen LogP contribution in [0.3, 0.4) is 0 Å². The molecule has 0 saturated carbocycles. The number of amides is 1. The Kier molecular flexibility index (Phi) is 4.66. The fraction of sp³-hybridized carbons (Fsp3) is 0.125. The summed E-state index contributed by atoms with van der Waals surface area (Å²) in [5, 5.41) is 2.63. The van der Waals surface area contributed by atoms with Gasteiger partial charge >= 0.3 is 5.97 Å². The molecule has 4 nitrogen and oxygen atoms in total. The molecule has 2 aromatic carbocycles. The van der Waals surface area contributed by atoms with Gasteiger partial charge in [-0.15, -0.1) is 0 Å². The van der Waals surface area contributed by atoms with E-state index in [9.17, 15) is 14.0 Å². The highest BCUT2D eigenvalue weighted by molar-refractivity contribution is 5.88. The van der Waals surface area contributed by atoms with Crippen LogP contribution in [0.5, 0.6) is 5.75 Å². The van der Waals surface area contributed by atoms with Gasteiger partial charge in [-0.3, -0.25) is 9.59 Å². The smallest absolute Gasteiger partial charge is 0.315 e. The third-order valence-corrected chi connectivity index (χ3v) is 2.68. The Balaban J connectivity index is 1.96. The van der Waals surface area contributed by atoms with Gasteiger partial charge in [0.25, 0.3) is 0 Å². The molecule has 0 atom stereocenters. The van der Waals surface area contributed by atoms with Crippen LogP contribution in [0.15, 0.2) is 48.5 Å². The lowest BCUT2D eigenvalue weighted by Crippen LogP contribution is -2.12. The molecule has 0 radical (unpaired) electrons. The molecular formula is C16H14FNO3. The summed E-state index contributed by atoms with van der Waals surface area (Å²) in [4.78, 5) is 22.6. The normalized spacial score (nSPS) is 10.0. The zero-order chi connectivity index (χ0) is 15.2. The fourth-order valence-electron chi connectivity index (χ4n) is 1.76. The Bertz CT molecular complexity index is 653. The summed E-state index contributed by atoms with van der Waals surface area (Å²) in [5.41, 5.74) is 1.36. The van der Waals surface area contributed by atoms with Crippen LogP contribution in [0.4, 0.5) is 10.1 Å². The van der Waals surface area contributed by atoms with Gasteiger partial charge in [0, 0.05) is 12.6 Å². The number of nitrogens with one attached hydrogen (secondary N) is 1. The van der Waals surface area contributed by atoms with Gasteiger partial charge in [-0.25, -0.2) is 4.39 Å². The second kappa shape index (κ2) is 6.65. The number of para-hydroxylation sites is 1. The standard InChI is InChI=1S/C16H14FNO3/c1-11(19)18-13-8-6-12(7-9-13)10-16(20)21-15-5-3-2-4-14(15)17/h2-9H,10H2,1H3,(H,18,19). The minimum absolute atomic E-state index is 0.0225. The second-order valence-electron chi connectivity index (χ2n) is 4.46. The monoisotopic (exact) mass is 287 g/mol. The number of rotatable bonds is 4. The van der Waals surface area contributed by atoms with Crippen LogP contribution in [0.2, 0.25) is 0 Å². The van der Waals surface area contributed by atoms with E-state index >= 15 is 0 Å². The summed E-state index contributed by atoms with van der Waals surface area (Å²) in [6, 6.07) is 12.5. The molecule has 0 spiro atoms. The second-order valence-corrected chi connectivity index (χ2v) is 4.46. The van der Waals surface area contributed by atoms with Gasteiger partial charge in [-0.1, -0.05) is 24.3 Å². The average Bonchev–Trinajstić information content (AvgIpc) is 2.43. The van der Waals surface area contributed by atoms with Crippen LogP contribution in [0.1, 0.15) is 12.5 Å². The Morgan fingerprint density at radius 2 is 1.76 bits per heavy atom. The van der Waals surface area contributed by atoms with Gasteiger partial charge in [-0.2, -0.15) is 0 Å². The summed E-state index contributed by atoms with van der Waals surface area (Å²) < 4.78 is 18.3. The molecule has 1 N–H and O–H groups in total. The van der Waals surface area contributed by atoms with E-state index in [4.69, 9.17) is 4.74 Å². The number of benzene rings is 2.